The first-order chi connectivity index (χ1) is 13.2. The SMILES string of the molecule is CC(=O)C1=C(Nc2ccccc2)C[C@](C)(O)[C@@H](C(C)=O)[C@H]1c1ccc(Cl)cc1. The zero-order valence-electron chi connectivity index (χ0n) is 16.2. The molecule has 4 nitrogen and oxygen atoms in total. The van der Waals surface area contributed by atoms with Crippen molar-refractivity contribution in [1.82, 2.24) is 0 Å². The van der Waals surface area contributed by atoms with Crippen molar-refractivity contribution in [2.45, 2.75) is 38.7 Å². The average molecular weight is 398 g/mol. The summed E-state index contributed by atoms with van der Waals surface area (Å²) < 4.78 is 0. The fourth-order valence-electron chi connectivity index (χ4n) is 4.22. The number of rotatable bonds is 5. The molecule has 2 N–H and O–H groups in total. The number of carbonyl (C=O) groups is 2. The maximum atomic E-state index is 12.7. The molecule has 0 saturated heterocycles. The van der Waals surface area contributed by atoms with Gasteiger partial charge in [-0.15, -0.1) is 0 Å². The monoisotopic (exact) mass is 397 g/mol. The van der Waals surface area contributed by atoms with Crippen LogP contribution in [0.15, 0.2) is 65.9 Å². The van der Waals surface area contributed by atoms with Gasteiger partial charge in [-0.1, -0.05) is 41.9 Å². The van der Waals surface area contributed by atoms with Crippen molar-refractivity contribution in [2.75, 3.05) is 5.32 Å². The van der Waals surface area contributed by atoms with E-state index in [2.05, 4.69) is 5.32 Å². The van der Waals surface area contributed by atoms with Crippen molar-refractivity contribution >= 4 is 28.9 Å². The highest BCUT2D eigenvalue weighted by atomic mass is 35.5. The van der Waals surface area contributed by atoms with Crippen molar-refractivity contribution in [3.63, 3.8) is 0 Å². The minimum absolute atomic E-state index is 0.125. The molecule has 0 saturated carbocycles. The zero-order valence-corrected chi connectivity index (χ0v) is 17.0. The number of halogens is 1. The number of anilines is 1. The van der Waals surface area contributed by atoms with Crippen LogP contribution < -0.4 is 5.32 Å². The second-order valence-electron chi connectivity index (χ2n) is 7.59. The highest BCUT2D eigenvalue weighted by molar-refractivity contribution is 6.30. The fraction of sp³-hybridized carbons (Fsp3) is 0.304. The Morgan fingerprint density at radius 1 is 1.07 bits per heavy atom. The Morgan fingerprint density at radius 2 is 1.68 bits per heavy atom. The summed E-state index contributed by atoms with van der Waals surface area (Å²) in [6.07, 6.45) is 0.186. The van der Waals surface area contributed by atoms with E-state index < -0.39 is 17.4 Å². The normalized spacial score (nSPS) is 24.8. The van der Waals surface area contributed by atoms with Crippen LogP contribution in [0.3, 0.4) is 0 Å². The molecule has 0 aliphatic heterocycles. The lowest BCUT2D eigenvalue weighted by molar-refractivity contribution is -0.131. The van der Waals surface area contributed by atoms with E-state index in [-0.39, 0.29) is 18.0 Å². The molecule has 0 radical (unpaired) electrons. The summed E-state index contributed by atoms with van der Waals surface area (Å²) in [6, 6.07) is 16.6. The van der Waals surface area contributed by atoms with E-state index in [1.807, 2.05) is 42.5 Å². The van der Waals surface area contributed by atoms with Crippen LogP contribution in [-0.2, 0) is 9.59 Å². The molecule has 3 atom stereocenters. The standard InChI is InChI=1S/C23H24ClNO3/c1-14(26)20-19(25-18-7-5-4-6-8-18)13-23(3,28)22(15(2)27)21(20)16-9-11-17(24)12-10-16/h4-12,21-22,25,28H,13H2,1-3H3/t21-,22-,23-/m0/s1. The molecule has 0 spiro atoms. The van der Waals surface area contributed by atoms with Gasteiger partial charge in [-0.25, -0.2) is 0 Å². The van der Waals surface area contributed by atoms with Crippen LogP contribution in [0.1, 0.15) is 38.7 Å². The molecule has 2 aromatic rings. The van der Waals surface area contributed by atoms with Gasteiger partial charge in [0.1, 0.15) is 5.78 Å². The molecule has 0 amide bonds. The summed E-state index contributed by atoms with van der Waals surface area (Å²) in [6.45, 7) is 4.63. The van der Waals surface area contributed by atoms with Gasteiger partial charge in [-0.3, -0.25) is 9.59 Å². The maximum Gasteiger partial charge on any atom is 0.158 e. The Balaban J connectivity index is 2.21. The largest absolute Gasteiger partial charge is 0.389 e. The van der Waals surface area contributed by atoms with Gasteiger partial charge in [0.25, 0.3) is 0 Å². The Hall–Kier alpha value is -2.43. The van der Waals surface area contributed by atoms with Crippen LogP contribution in [-0.4, -0.2) is 22.3 Å². The molecule has 0 fully saturated rings. The molecule has 3 rings (SSSR count). The first-order valence-electron chi connectivity index (χ1n) is 9.25. The lowest BCUT2D eigenvalue weighted by atomic mass is 9.64. The molecule has 146 valence electrons. The smallest absolute Gasteiger partial charge is 0.158 e. The third-order valence-electron chi connectivity index (χ3n) is 5.29. The van der Waals surface area contributed by atoms with Crippen LogP contribution >= 0.6 is 11.6 Å². The molecule has 2 aromatic carbocycles. The van der Waals surface area contributed by atoms with Crippen molar-refractivity contribution in [3.8, 4) is 0 Å². The zero-order chi connectivity index (χ0) is 20.5. The molecular formula is C23H24ClNO3. The van der Waals surface area contributed by atoms with Crippen molar-refractivity contribution in [2.24, 2.45) is 5.92 Å². The van der Waals surface area contributed by atoms with E-state index >= 15 is 0 Å². The number of hydrogen-bond donors (Lipinski definition) is 2. The van der Waals surface area contributed by atoms with E-state index in [9.17, 15) is 14.7 Å². The molecule has 1 aliphatic carbocycles. The number of hydrogen-bond acceptors (Lipinski definition) is 4. The van der Waals surface area contributed by atoms with Gasteiger partial charge in [0, 0.05) is 34.3 Å². The molecule has 1 aliphatic rings. The van der Waals surface area contributed by atoms with Gasteiger partial charge in [0.15, 0.2) is 5.78 Å². The number of carbonyl (C=O) groups excluding carboxylic acids is 2. The number of para-hydroxylation sites is 1. The topological polar surface area (TPSA) is 66.4 Å². The second kappa shape index (κ2) is 7.90. The van der Waals surface area contributed by atoms with Gasteiger partial charge in [-0.05, 0) is 50.6 Å². The van der Waals surface area contributed by atoms with Crippen molar-refractivity contribution < 1.29 is 14.7 Å². The quantitative estimate of drug-likeness (QED) is 0.764. The Bertz CT molecular complexity index is 917. The number of Topliss-reactive ketones (excluding diaryl/α,β-unsaturated/α-hetero) is 2. The summed E-state index contributed by atoms with van der Waals surface area (Å²) >= 11 is 6.03. The number of allylic oxidation sites excluding steroid dienone is 1. The van der Waals surface area contributed by atoms with Gasteiger partial charge >= 0.3 is 0 Å². The molecule has 5 heteroatoms. The molecule has 0 unspecified atom stereocenters. The lowest BCUT2D eigenvalue weighted by Gasteiger charge is -2.43. The Kier molecular flexibility index (Phi) is 5.73. The predicted octanol–water partition coefficient (Wildman–Crippen LogP) is 4.74. The number of ketones is 2. The van der Waals surface area contributed by atoms with Crippen molar-refractivity contribution in [3.05, 3.63) is 76.5 Å². The first-order valence-corrected chi connectivity index (χ1v) is 9.63. The summed E-state index contributed by atoms with van der Waals surface area (Å²) in [5, 5.41) is 15.1. The van der Waals surface area contributed by atoms with Crippen LogP contribution in [0.25, 0.3) is 0 Å². The maximum absolute atomic E-state index is 12.7. The van der Waals surface area contributed by atoms with Crippen molar-refractivity contribution in [1.29, 1.82) is 0 Å². The fourth-order valence-corrected chi connectivity index (χ4v) is 4.34. The number of nitrogens with one attached hydrogen (secondary N) is 1. The van der Waals surface area contributed by atoms with Gasteiger partial charge in [0.05, 0.1) is 11.5 Å². The lowest BCUT2D eigenvalue weighted by Crippen LogP contribution is -2.48. The summed E-state index contributed by atoms with van der Waals surface area (Å²) in [5.74, 6) is -1.56. The minimum atomic E-state index is -1.30. The first kappa shape index (κ1) is 20.3. The minimum Gasteiger partial charge on any atom is -0.389 e. The average Bonchev–Trinajstić information content (AvgIpc) is 2.61. The number of aliphatic hydroxyl groups is 1. The molecule has 0 heterocycles. The number of benzene rings is 2. The third kappa shape index (κ3) is 4.03. The van der Waals surface area contributed by atoms with Gasteiger partial charge < -0.3 is 10.4 Å². The van der Waals surface area contributed by atoms with E-state index in [1.165, 1.54) is 13.8 Å². The van der Waals surface area contributed by atoms with Crippen LogP contribution in [0, 0.1) is 5.92 Å². The van der Waals surface area contributed by atoms with Gasteiger partial charge in [0.2, 0.25) is 0 Å². The predicted molar refractivity (Wildman–Crippen MR) is 111 cm³/mol. The molecule has 0 bridgehead atoms. The summed E-state index contributed by atoms with van der Waals surface area (Å²) in [7, 11) is 0. The van der Waals surface area contributed by atoms with Gasteiger partial charge in [-0.2, -0.15) is 0 Å². The molecule has 0 aromatic heterocycles. The third-order valence-corrected chi connectivity index (χ3v) is 5.54. The van der Waals surface area contributed by atoms with Crippen LogP contribution in [0.5, 0.6) is 0 Å². The highest BCUT2D eigenvalue weighted by Crippen LogP contribution is 2.47. The van der Waals surface area contributed by atoms with Crippen LogP contribution in [0.2, 0.25) is 5.02 Å². The Morgan fingerprint density at radius 3 is 2.21 bits per heavy atom. The molecule has 28 heavy (non-hydrogen) atoms. The highest BCUT2D eigenvalue weighted by Gasteiger charge is 2.49. The van der Waals surface area contributed by atoms with E-state index in [4.69, 9.17) is 11.6 Å². The second-order valence-corrected chi connectivity index (χ2v) is 8.03. The summed E-state index contributed by atoms with van der Waals surface area (Å²) in [4.78, 5) is 25.3. The van der Waals surface area contributed by atoms with E-state index in [0.717, 1.165) is 11.3 Å². The Labute approximate surface area is 170 Å². The summed E-state index contributed by atoms with van der Waals surface area (Å²) in [5.41, 5.74) is 1.47. The van der Waals surface area contributed by atoms with Crippen LogP contribution in [0.4, 0.5) is 5.69 Å². The molecular weight excluding hydrogens is 374 g/mol. The van der Waals surface area contributed by atoms with E-state index in [0.29, 0.717) is 16.3 Å². The van der Waals surface area contributed by atoms with E-state index in [1.54, 1.807) is 19.1 Å².